The fourth-order valence-electron chi connectivity index (χ4n) is 3.13. The molecule has 0 fully saturated rings. The van der Waals surface area contributed by atoms with E-state index in [-0.39, 0.29) is 0 Å². The number of hydrogen-bond donors (Lipinski definition) is 1. The van der Waals surface area contributed by atoms with Gasteiger partial charge in [0.1, 0.15) is 5.76 Å². The highest BCUT2D eigenvalue weighted by atomic mass is 16.3. The summed E-state index contributed by atoms with van der Waals surface area (Å²) in [5.74, 6) is 1.70. The zero-order valence-electron chi connectivity index (χ0n) is 11.4. The molecule has 0 spiro atoms. The van der Waals surface area contributed by atoms with Gasteiger partial charge < -0.3 is 9.73 Å². The van der Waals surface area contributed by atoms with Crippen LogP contribution in [0.3, 0.4) is 0 Å². The molecule has 1 aliphatic carbocycles. The summed E-state index contributed by atoms with van der Waals surface area (Å²) in [5.41, 5.74) is 2.97. The Morgan fingerprint density at radius 2 is 2.11 bits per heavy atom. The fraction of sp³-hybridized carbons (Fsp3) is 0.412. The summed E-state index contributed by atoms with van der Waals surface area (Å²) in [7, 11) is 0. The molecule has 3 rings (SSSR count). The molecular weight excluding hydrogens is 234 g/mol. The first-order chi connectivity index (χ1) is 9.38. The van der Waals surface area contributed by atoms with E-state index in [9.17, 15) is 0 Å². The first-order valence-electron chi connectivity index (χ1n) is 7.22. The Morgan fingerprint density at radius 3 is 2.89 bits per heavy atom. The highest BCUT2D eigenvalue weighted by Gasteiger charge is 2.32. The maximum atomic E-state index is 5.52. The normalized spacial score (nSPS) is 21.5. The highest BCUT2D eigenvalue weighted by Crippen LogP contribution is 2.37. The summed E-state index contributed by atoms with van der Waals surface area (Å²) >= 11 is 0. The minimum atomic E-state index is 0.473. The third-order valence-corrected chi connectivity index (χ3v) is 4.00. The van der Waals surface area contributed by atoms with E-state index in [1.165, 1.54) is 17.5 Å². The average Bonchev–Trinajstić information content (AvgIpc) is 3.04. The second kappa shape index (κ2) is 5.62. The summed E-state index contributed by atoms with van der Waals surface area (Å²) in [6.07, 6.45) is 5.11. The molecule has 0 radical (unpaired) electrons. The van der Waals surface area contributed by atoms with Gasteiger partial charge in [-0.15, -0.1) is 0 Å². The molecule has 2 unspecified atom stereocenters. The van der Waals surface area contributed by atoms with Gasteiger partial charge in [-0.3, -0.25) is 0 Å². The van der Waals surface area contributed by atoms with Gasteiger partial charge in [0.2, 0.25) is 0 Å². The summed E-state index contributed by atoms with van der Waals surface area (Å²) in [5, 5.41) is 3.71. The van der Waals surface area contributed by atoms with Crippen LogP contribution in [0.5, 0.6) is 0 Å². The van der Waals surface area contributed by atoms with Gasteiger partial charge in [-0.2, -0.15) is 0 Å². The number of nitrogens with one attached hydrogen (secondary N) is 1. The van der Waals surface area contributed by atoms with Crippen LogP contribution in [0.15, 0.2) is 47.1 Å². The topological polar surface area (TPSA) is 25.2 Å². The van der Waals surface area contributed by atoms with E-state index in [1.807, 2.05) is 6.07 Å². The van der Waals surface area contributed by atoms with Crippen molar-refractivity contribution in [2.75, 3.05) is 6.54 Å². The monoisotopic (exact) mass is 255 g/mol. The molecule has 0 aliphatic heterocycles. The lowest BCUT2D eigenvalue weighted by Gasteiger charge is -2.21. The van der Waals surface area contributed by atoms with Crippen LogP contribution in [-0.4, -0.2) is 6.54 Å². The zero-order valence-corrected chi connectivity index (χ0v) is 11.4. The standard InChI is InChI=1S/C17H21NO/c1-2-9-18-17-14(12-15-7-5-10-19-15)11-13-6-3-4-8-16(13)17/h3-8,10,14,17-18H,2,9,11-12H2,1H3. The molecule has 0 saturated carbocycles. The third kappa shape index (κ3) is 2.59. The summed E-state index contributed by atoms with van der Waals surface area (Å²) < 4.78 is 5.52. The van der Waals surface area contributed by atoms with Gasteiger partial charge in [0.05, 0.1) is 6.26 Å². The fourth-order valence-corrected chi connectivity index (χ4v) is 3.13. The lowest BCUT2D eigenvalue weighted by molar-refractivity contribution is 0.358. The van der Waals surface area contributed by atoms with Crippen molar-refractivity contribution in [3.05, 3.63) is 59.5 Å². The summed E-state index contributed by atoms with van der Waals surface area (Å²) in [6.45, 7) is 3.29. The molecular formula is C17H21NO. The van der Waals surface area contributed by atoms with Crippen LogP contribution in [0.4, 0.5) is 0 Å². The number of furan rings is 1. The van der Waals surface area contributed by atoms with Crippen LogP contribution < -0.4 is 5.32 Å². The first kappa shape index (κ1) is 12.5. The zero-order chi connectivity index (χ0) is 13.1. The molecule has 1 N–H and O–H groups in total. The predicted octanol–water partition coefficient (Wildman–Crippen LogP) is 3.74. The van der Waals surface area contributed by atoms with Crippen LogP contribution in [0.2, 0.25) is 0 Å². The van der Waals surface area contributed by atoms with E-state index in [0.29, 0.717) is 12.0 Å². The van der Waals surface area contributed by atoms with Gasteiger partial charge in [-0.25, -0.2) is 0 Å². The summed E-state index contributed by atoms with van der Waals surface area (Å²) in [6, 6.07) is 13.4. The van der Waals surface area contributed by atoms with Crippen molar-refractivity contribution in [2.24, 2.45) is 5.92 Å². The minimum absolute atomic E-state index is 0.473. The molecule has 2 nitrogen and oxygen atoms in total. The Balaban J connectivity index is 1.80. The van der Waals surface area contributed by atoms with Crippen LogP contribution in [0.25, 0.3) is 0 Å². The number of rotatable bonds is 5. The summed E-state index contributed by atoms with van der Waals surface area (Å²) in [4.78, 5) is 0. The average molecular weight is 255 g/mol. The largest absolute Gasteiger partial charge is 0.469 e. The highest BCUT2D eigenvalue weighted by molar-refractivity contribution is 5.36. The lowest BCUT2D eigenvalue weighted by Crippen LogP contribution is -2.27. The molecule has 1 aromatic carbocycles. The smallest absolute Gasteiger partial charge is 0.104 e. The van der Waals surface area contributed by atoms with Crippen LogP contribution in [0, 0.1) is 5.92 Å². The number of hydrogen-bond acceptors (Lipinski definition) is 2. The van der Waals surface area contributed by atoms with Crippen molar-refractivity contribution in [3.8, 4) is 0 Å². The van der Waals surface area contributed by atoms with Crippen LogP contribution >= 0.6 is 0 Å². The second-order valence-electron chi connectivity index (χ2n) is 5.38. The second-order valence-corrected chi connectivity index (χ2v) is 5.38. The first-order valence-corrected chi connectivity index (χ1v) is 7.22. The Morgan fingerprint density at radius 1 is 1.21 bits per heavy atom. The van der Waals surface area contributed by atoms with Gasteiger partial charge >= 0.3 is 0 Å². The SMILES string of the molecule is CCCNC1c2ccccc2CC1Cc1ccco1. The van der Waals surface area contributed by atoms with Gasteiger partial charge in [0.25, 0.3) is 0 Å². The van der Waals surface area contributed by atoms with Crippen LogP contribution in [0.1, 0.15) is 36.3 Å². The minimum Gasteiger partial charge on any atom is -0.469 e. The molecule has 19 heavy (non-hydrogen) atoms. The molecule has 1 aliphatic rings. The Hall–Kier alpha value is -1.54. The van der Waals surface area contributed by atoms with Crippen molar-refractivity contribution in [2.45, 2.75) is 32.2 Å². The van der Waals surface area contributed by atoms with Crippen molar-refractivity contribution in [3.63, 3.8) is 0 Å². The molecule has 1 aromatic heterocycles. The van der Waals surface area contributed by atoms with Crippen molar-refractivity contribution < 1.29 is 4.42 Å². The van der Waals surface area contributed by atoms with E-state index >= 15 is 0 Å². The Labute approximate surface area is 114 Å². The van der Waals surface area contributed by atoms with Crippen LogP contribution in [-0.2, 0) is 12.8 Å². The van der Waals surface area contributed by atoms with E-state index < -0.39 is 0 Å². The van der Waals surface area contributed by atoms with Gasteiger partial charge in [-0.1, -0.05) is 31.2 Å². The van der Waals surface area contributed by atoms with Gasteiger partial charge in [0, 0.05) is 12.5 Å². The third-order valence-electron chi connectivity index (χ3n) is 4.00. The predicted molar refractivity (Wildman–Crippen MR) is 77.1 cm³/mol. The quantitative estimate of drug-likeness (QED) is 0.880. The Kier molecular flexibility index (Phi) is 3.69. The van der Waals surface area contributed by atoms with Crippen molar-refractivity contribution in [1.29, 1.82) is 0 Å². The molecule has 0 amide bonds. The Bertz CT molecular complexity index is 516. The number of benzene rings is 1. The van der Waals surface area contributed by atoms with E-state index in [4.69, 9.17) is 4.42 Å². The molecule has 2 heteroatoms. The lowest BCUT2D eigenvalue weighted by atomic mass is 9.95. The van der Waals surface area contributed by atoms with Gasteiger partial charge in [-0.05, 0) is 48.6 Å². The van der Waals surface area contributed by atoms with Crippen molar-refractivity contribution >= 4 is 0 Å². The van der Waals surface area contributed by atoms with E-state index in [1.54, 1.807) is 6.26 Å². The van der Waals surface area contributed by atoms with E-state index in [2.05, 4.69) is 42.6 Å². The maximum absolute atomic E-state index is 5.52. The molecule has 0 bridgehead atoms. The maximum Gasteiger partial charge on any atom is 0.104 e. The molecule has 0 saturated heterocycles. The van der Waals surface area contributed by atoms with Crippen molar-refractivity contribution in [1.82, 2.24) is 5.32 Å². The molecule has 2 atom stereocenters. The molecule has 1 heterocycles. The molecule has 2 aromatic rings. The van der Waals surface area contributed by atoms with E-state index in [0.717, 1.165) is 25.1 Å². The molecule has 100 valence electrons. The number of fused-ring (bicyclic) bond motifs is 1. The van der Waals surface area contributed by atoms with Gasteiger partial charge in [0.15, 0.2) is 0 Å².